The number of fused-ring (bicyclic) bond motifs is 2. The van der Waals surface area contributed by atoms with E-state index in [4.69, 9.17) is 9.47 Å². The molecule has 2 aromatic heterocycles. The summed E-state index contributed by atoms with van der Waals surface area (Å²) in [4.78, 5) is 103. The van der Waals surface area contributed by atoms with Gasteiger partial charge in [0.05, 0.1) is 48.7 Å². The van der Waals surface area contributed by atoms with Crippen LogP contribution >= 0.6 is 0 Å². The molecule has 6 atom stereocenters. The molecule has 0 spiro atoms. The zero-order valence-electron chi connectivity index (χ0n) is 46.8. The van der Waals surface area contributed by atoms with Gasteiger partial charge in [-0.1, -0.05) is 65.8 Å². The second-order valence-electron chi connectivity index (χ2n) is 22.1. The van der Waals surface area contributed by atoms with Crippen LogP contribution in [-0.2, 0) is 41.9 Å². The number of aromatic nitrogens is 4. The Morgan fingerprint density at radius 3 is 1.29 bits per heavy atom. The first kappa shape index (κ1) is 58.0. The third kappa shape index (κ3) is 13.3. The van der Waals surface area contributed by atoms with Crippen molar-refractivity contribution in [2.45, 2.75) is 130 Å². The number of nitrogens with one attached hydrogen (secondary N) is 8. The fourth-order valence-corrected chi connectivity index (χ4v) is 9.59. The Bertz CT molecular complexity index is 2810. The van der Waals surface area contributed by atoms with Gasteiger partial charge in [0.1, 0.15) is 60.0 Å². The van der Waals surface area contributed by atoms with Crippen molar-refractivity contribution >= 4 is 80.3 Å². The van der Waals surface area contributed by atoms with Crippen LogP contribution in [0.4, 0.5) is 23.0 Å². The van der Waals surface area contributed by atoms with E-state index in [0.29, 0.717) is 108 Å². The van der Waals surface area contributed by atoms with E-state index in [1.807, 2.05) is 65.8 Å². The van der Waals surface area contributed by atoms with Crippen molar-refractivity contribution in [1.29, 1.82) is 0 Å². The Morgan fingerprint density at radius 2 is 0.962 bits per heavy atom. The van der Waals surface area contributed by atoms with Crippen LogP contribution in [-0.4, -0.2) is 143 Å². The molecule has 6 amide bonds. The molecular formula is C56H76N14O8. The van der Waals surface area contributed by atoms with Crippen LogP contribution in [0.25, 0.3) is 21.8 Å². The van der Waals surface area contributed by atoms with E-state index in [9.17, 15) is 28.8 Å². The molecule has 2 aliphatic rings. The third-order valence-electron chi connectivity index (χ3n) is 14.5. The first-order valence-electron chi connectivity index (χ1n) is 26.5. The van der Waals surface area contributed by atoms with E-state index < -0.39 is 47.1 Å². The second kappa shape index (κ2) is 24.7. The average Bonchev–Trinajstić information content (AvgIpc) is 4.17. The lowest BCUT2D eigenvalue weighted by molar-refractivity contribution is -0.143. The summed E-state index contributed by atoms with van der Waals surface area (Å²) in [6.07, 6.45) is 5.08. The SMILES string of the molecule is CN[C@@H](C)C(=O)N[C@H](C(=O)N1CCC[C@H]1C(=O)Nc1cc2c(NCc3ccc(CNc4ncnc5cc(OC)c(NC(=O)[C@@H]6CCCN6C(=O)[C@@H](NC(=O)[C@H](C)NC)C(C)(C)C)cc45)cc3)ncnc2cc1OC)C(C)(C)C. The fourth-order valence-electron chi connectivity index (χ4n) is 9.59. The van der Waals surface area contributed by atoms with Crippen molar-refractivity contribution in [2.24, 2.45) is 10.8 Å². The van der Waals surface area contributed by atoms with Crippen LogP contribution in [0.1, 0.15) is 92.2 Å². The number of hydrogen-bond acceptors (Lipinski definition) is 16. The maximum Gasteiger partial charge on any atom is 0.247 e. The molecule has 2 fully saturated rings. The fraction of sp³-hybridized carbons (Fsp3) is 0.500. The van der Waals surface area contributed by atoms with Crippen LogP contribution in [0.2, 0.25) is 0 Å². The van der Waals surface area contributed by atoms with Crippen molar-refractivity contribution in [3.05, 3.63) is 72.3 Å². The third-order valence-corrected chi connectivity index (χ3v) is 14.5. The lowest BCUT2D eigenvalue weighted by atomic mass is 9.85. The van der Waals surface area contributed by atoms with Gasteiger partial charge in [-0.05, 0) is 87.7 Å². The topological polar surface area (TPSA) is 275 Å². The molecular weight excluding hydrogens is 997 g/mol. The molecule has 22 heteroatoms. The summed E-state index contributed by atoms with van der Waals surface area (Å²) >= 11 is 0. The molecule has 8 N–H and O–H groups in total. The van der Waals surface area contributed by atoms with Gasteiger partial charge in [0.25, 0.3) is 0 Å². The van der Waals surface area contributed by atoms with Gasteiger partial charge in [-0.3, -0.25) is 28.8 Å². The molecule has 2 aliphatic heterocycles. The smallest absolute Gasteiger partial charge is 0.247 e. The van der Waals surface area contributed by atoms with E-state index in [1.54, 1.807) is 62.0 Å². The van der Waals surface area contributed by atoms with E-state index in [-0.39, 0.29) is 35.4 Å². The molecule has 78 heavy (non-hydrogen) atoms. The number of ether oxygens (including phenoxy) is 2. The summed E-state index contributed by atoms with van der Waals surface area (Å²) in [5, 5.41) is 25.8. The van der Waals surface area contributed by atoms with E-state index in [1.165, 1.54) is 26.9 Å². The van der Waals surface area contributed by atoms with Crippen LogP contribution in [0, 0.1) is 10.8 Å². The highest BCUT2D eigenvalue weighted by molar-refractivity contribution is 6.04. The number of likely N-dealkylation sites (N-methyl/N-ethyl adjacent to an activating group) is 2. The first-order chi connectivity index (χ1) is 37.1. The van der Waals surface area contributed by atoms with Crippen LogP contribution < -0.4 is 52.0 Å². The standard InChI is InChI=1S/C56H76N14O8/c1-31(57-9)49(71)67-45(55(3,4)5)53(75)69-21-13-15-41(69)51(73)65-39-23-35-37(25-43(39)77-11)61-29-63-47(35)59-27-33-17-19-34(20-18-33)28-60-48-36-24-40(44(78-12)26-38(36)62-30-64-48)66-52(74)42-16-14-22-70(42)54(76)46(56(6,7)8)68-50(72)32(2)58-10/h17-20,23-26,29-32,41-42,45-46,57-58H,13-16,21-22,27-28H2,1-12H3,(H,65,73)(H,66,74)(H,67,71)(H,68,72)(H,59,61,63)(H,60,62,64)/t31-,32-,41-,42-,45+,46+/m0/s1. The van der Waals surface area contributed by atoms with Crippen molar-refractivity contribution in [1.82, 2.24) is 51.0 Å². The quantitative estimate of drug-likeness (QED) is 0.0512. The summed E-state index contributed by atoms with van der Waals surface area (Å²) in [6, 6.07) is 10.7. The molecule has 7 rings (SSSR count). The number of amides is 6. The zero-order chi connectivity index (χ0) is 56.6. The minimum absolute atomic E-state index is 0.304. The number of anilines is 4. The number of rotatable bonds is 20. The monoisotopic (exact) mass is 1070 g/mol. The minimum atomic E-state index is -0.849. The predicted molar refractivity (Wildman–Crippen MR) is 300 cm³/mol. The minimum Gasteiger partial charge on any atom is -0.494 e. The molecule has 22 nitrogen and oxygen atoms in total. The summed E-state index contributed by atoms with van der Waals surface area (Å²) in [5.41, 5.74) is 2.66. The highest BCUT2D eigenvalue weighted by atomic mass is 16.5. The largest absolute Gasteiger partial charge is 0.494 e. The average molecular weight is 1070 g/mol. The number of hydrogen-bond donors (Lipinski definition) is 8. The zero-order valence-corrected chi connectivity index (χ0v) is 46.8. The maximum atomic E-state index is 14.1. The van der Waals surface area contributed by atoms with Gasteiger partial charge in [0.2, 0.25) is 35.4 Å². The number of likely N-dealkylation sites (tertiary alicyclic amines) is 2. The van der Waals surface area contributed by atoms with Crippen LogP contribution in [0.5, 0.6) is 11.5 Å². The highest BCUT2D eigenvalue weighted by Gasteiger charge is 2.44. The van der Waals surface area contributed by atoms with E-state index in [0.717, 1.165) is 11.1 Å². The van der Waals surface area contributed by atoms with Gasteiger partial charge in [0, 0.05) is 49.1 Å². The number of carbonyl (C=O) groups excluding carboxylic acids is 6. The summed E-state index contributed by atoms with van der Waals surface area (Å²) in [7, 11) is 6.37. The Kier molecular flexibility index (Phi) is 18.4. The maximum absolute atomic E-state index is 14.1. The van der Waals surface area contributed by atoms with Crippen LogP contribution in [0.3, 0.4) is 0 Å². The molecule has 0 unspecified atom stereocenters. The van der Waals surface area contributed by atoms with Gasteiger partial charge in [-0.2, -0.15) is 0 Å². The summed E-state index contributed by atoms with van der Waals surface area (Å²) in [5.74, 6) is -0.141. The normalized spacial score (nSPS) is 17.2. The van der Waals surface area contributed by atoms with Gasteiger partial charge >= 0.3 is 0 Å². The second-order valence-corrected chi connectivity index (χ2v) is 22.1. The van der Waals surface area contributed by atoms with Crippen LogP contribution in [0.15, 0.2) is 61.2 Å². The summed E-state index contributed by atoms with van der Waals surface area (Å²) < 4.78 is 11.4. The van der Waals surface area contributed by atoms with Crippen molar-refractivity contribution in [3.63, 3.8) is 0 Å². The molecule has 418 valence electrons. The van der Waals surface area contributed by atoms with Gasteiger partial charge in [-0.15, -0.1) is 0 Å². The number of carbonyl (C=O) groups is 6. The molecule has 3 aromatic carbocycles. The molecule has 0 radical (unpaired) electrons. The summed E-state index contributed by atoms with van der Waals surface area (Å²) in [6.45, 7) is 16.3. The Morgan fingerprint density at radius 1 is 0.590 bits per heavy atom. The molecule has 0 saturated carbocycles. The number of methoxy groups -OCH3 is 2. The lowest BCUT2D eigenvalue weighted by Gasteiger charge is -2.36. The lowest BCUT2D eigenvalue weighted by Crippen LogP contribution is -2.59. The predicted octanol–water partition coefficient (Wildman–Crippen LogP) is 4.95. The Balaban J connectivity index is 1.01. The van der Waals surface area contributed by atoms with Crippen molar-refractivity contribution in [2.75, 3.05) is 62.7 Å². The first-order valence-corrected chi connectivity index (χ1v) is 26.5. The molecule has 0 aliphatic carbocycles. The van der Waals surface area contributed by atoms with E-state index in [2.05, 4.69) is 62.5 Å². The Labute approximate surface area is 455 Å². The molecule has 0 bridgehead atoms. The highest BCUT2D eigenvalue weighted by Crippen LogP contribution is 2.36. The molecule has 5 aromatic rings. The molecule has 2 saturated heterocycles. The van der Waals surface area contributed by atoms with Gasteiger partial charge in [0.15, 0.2) is 0 Å². The van der Waals surface area contributed by atoms with E-state index >= 15 is 0 Å². The van der Waals surface area contributed by atoms with Crippen molar-refractivity contribution in [3.8, 4) is 11.5 Å². The molecule has 4 heterocycles. The Hall–Kier alpha value is -7.72. The number of nitrogens with zero attached hydrogens (tertiary/aromatic N) is 6. The van der Waals surface area contributed by atoms with Gasteiger partial charge in [-0.25, -0.2) is 19.9 Å². The number of benzene rings is 3. The van der Waals surface area contributed by atoms with Gasteiger partial charge < -0.3 is 61.8 Å². The van der Waals surface area contributed by atoms with Crippen molar-refractivity contribution < 1.29 is 38.2 Å².